The van der Waals surface area contributed by atoms with E-state index in [9.17, 15) is 22.8 Å². The van der Waals surface area contributed by atoms with Crippen molar-refractivity contribution in [3.8, 4) is 5.69 Å². The molecule has 13 heteroatoms. The maximum Gasteiger partial charge on any atom is 0.325 e. The first kappa shape index (κ1) is 21.5. The van der Waals surface area contributed by atoms with Gasteiger partial charge in [-0.2, -0.15) is 0 Å². The van der Waals surface area contributed by atoms with Crippen molar-refractivity contribution in [3.63, 3.8) is 0 Å². The molecule has 0 unspecified atom stereocenters. The van der Waals surface area contributed by atoms with E-state index in [4.69, 9.17) is 0 Å². The Morgan fingerprint density at radius 3 is 2.67 bits per heavy atom. The van der Waals surface area contributed by atoms with Crippen LogP contribution < -0.4 is 5.32 Å². The minimum atomic E-state index is -3.18. The van der Waals surface area contributed by atoms with Crippen LogP contribution in [0.25, 0.3) is 5.69 Å². The lowest BCUT2D eigenvalue weighted by Crippen LogP contribution is -2.49. The fourth-order valence-corrected chi connectivity index (χ4v) is 6.26. The molecule has 0 radical (unpaired) electrons. The molecular weight excluding hydrogens is 450 g/mol. The number of amides is 4. The highest BCUT2D eigenvalue weighted by molar-refractivity contribution is 7.91. The minimum Gasteiger partial charge on any atom is -0.334 e. The lowest BCUT2D eigenvalue weighted by atomic mass is 9.91. The molecule has 3 aliphatic rings. The summed E-state index contributed by atoms with van der Waals surface area (Å²) in [5.74, 6) is -0.983. The Kier molecular flexibility index (Phi) is 4.96. The lowest BCUT2D eigenvalue weighted by molar-refractivity contribution is -0.140. The summed E-state index contributed by atoms with van der Waals surface area (Å²) in [6.45, 7) is 1.15. The number of carbonyl (C=O) groups excluding carboxylic acids is 3. The Morgan fingerprint density at radius 2 is 2.03 bits per heavy atom. The van der Waals surface area contributed by atoms with Crippen LogP contribution in [0.2, 0.25) is 0 Å². The van der Waals surface area contributed by atoms with E-state index in [1.807, 2.05) is 0 Å². The van der Waals surface area contributed by atoms with Crippen molar-refractivity contribution in [2.24, 2.45) is 0 Å². The summed E-state index contributed by atoms with van der Waals surface area (Å²) in [7, 11) is -3.18. The van der Waals surface area contributed by atoms with Crippen molar-refractivity contribution in [2.75, 3.05) is 18.1 Å². The Morgan fingerprint density at radius 1 is 1.24 bits per heavy atom. The maximum absolute atomic E-state index is 13.3. The van der Waals surface area contributed by atoms with Crippen LogP contribution in [-0.2, 0) is 25.0 Å². The van der Waals surface area contributed by atoms with Gasteiger partial charge in [-0.15, -0.1) is 5.10 Å². The molecule has 1 aromatic carbocycles. The van der Waals surface area contributed by atoms with E-state index >= 15 is 0 Å². The monoisotopic (exact) mass is 473 g/mol. The second-order valence-electron chi connectivity index (χ2n) is 8.84. The Bertz CT molecular complexity index is 1230. The molecule has 4 amide bonds. The van der Waals surface area contributed by atoms with Gasteiger partial charge >= 0.3 is 6.03 Å². The van der Waals surface area contributed by atoms with Crippen molar-refractivity contribution < 1.29 is 22.8 Å². The molecule has 2 aliphatic heterocycles. The van der Waals surface area contributed by atoms with E-state index in [1.165, 1.54) is 11.0 Å². The van der Waals surface area contributed by atoms with Crippen LogP contribution in [0, 0.1) is 0 Å². The SMILES string of the molecule is C[C@@]1(c2cccc(-n3cnnn3)c2)NC(=O)N(CC(=O)N(C2CC2)[C@H]2CCS(=O)(=O)C2)C1=O. The van der Waals surface area contributed by atoms with Crippen molar-refractivity contribution >= 4 is 27.7 Å². The number of hydrogen-bond acceptors (Lipinski definition) is 8. The summed E-state index contributed by atoms with van der Waals surface area (Å²) in [4.78, 5) is 41.7. The summed E-state index contributed by atoms with van der Waals surface area (Å²) in [6, 6.07) is 5.77. The molecule has 2 aromatic rings. The van der Waals surface area contributed by atoms with Gasteiger partial charge in [-0.1, -0.05) is 12.1 Å². The van der Waals surface area contributed by atoms with Crippen LogP contribution in [0.1, 0.15) is 31.7 Å². The van der Waals surface area contributed by atoms with E-state index in [1.54, 1.807) is 36.1 Å². The average Bonchev–Trinajstić information content (AvgIpc) is 3.23. The fraction of sp³-hybridized carbons (Fsp3) is 0.500. The topological polar surface area (TPSA) is 147 Å². The largest absolute Gasteiger partial charge is 0.334 e. The van der Waals surface area contributed by atoms with Gasteiger partial charge in [-0.05, 0) is 54.3 Å². The number of urea groups is 1. The highest BCUT2D eigenvalue weighted by atomic mass is 32.2. The van der Waals surface area contributed by atoms with Gasteiger partial charge in [0.05, 0.1) is 17.2 Å². The first-order valence-corrected chi connectivity index (χ1v) is 12.5. The third kappa shape index (κ3) is 3.86. The molecule has 12 nitrogen and oxygen atoms in total. The smallest absolute Gasteiger partial charge is 0.325 e. The fourth-order valence-electron chi connectivity index (χ4n) is 4.55. The van der Waals surface area contributed by atoms with Crippen LogP contribution in [0.3, 0.4) is 0 Å². The normalized spacial score (nSPS) is 26.5. The minimum absolute atomic E-state index is 0.0316. The van der Waals surface area contributed by atoms with Gasteiger partial charge in [0.2, 0.25) is 5.91 Å². The van der Waals surface area contributed by atoms with Gasteiger partial charge in [0.15, 0.2) is 9.84 Å². The Hall–Kier alpha value is -3.35. The lowest BCUT2D eigenvalue weighted by Gasteiger charge is -2.30. The number of aromatic nitrogens is 4. The third-order valence-electron chi connectivity index (χ3n) is 6.44. The number of benzene rings is 1. The van der Waals surface area contributed by atoms with Gasteiger partial charge < -0.3 is 10.2 Å². The third-order valence-corrected chi connectivity index (χ3v) is 8.19. The van der Waals surface area contributed by atoms with E-state index in [2.05, 4.69) is 20.8 Å². The molecule has 1 saturated carbocycles. The van der Waals surface area contributed by atoms with Crippen molar-refractivity contribution in [1.82, 2.24) is 35.3 Å². The summed E-state index contributed by atoms with van der Waals surface area (Å²) in [5, 5.41) is 13.7. The van der Waals surface area contributed by atoms with Crippen LogP contribution in [-0.4, -0.2) is 86.4 Å². The van der Waals surface area contributed by atoms with E-state index in [0.29, 0.717) is 17.7 Å². The number of carbonyl (C=O) groups is 3. The zero-order chi connectivity index (χ0) is 23.4. The van der Waals surface area contributed by atoms with Crippen molar-refractivity contribution in [3.05, 3.63) is 36.2 Å². The molecule has 2 saturated heterocycles. The Balaban J connectivity index is 1.36. The highest BCUT2D eigenvalue weighted by Gasteiger charge is 2.51. The summed E-state index contributed by atoms with van der Waals surface area (Å²) in [6.07, 6.45) is 3.39. The first-order chi connectivity index (χ1) is 15.7. The summed E-state index contributed by atoms with van der Waals surface area (Å²) < 4.78 is 25.3. The molecular formula is C20H23N7O5S. The predicted octanol–water partition coefficient (Wildman–Crippen LogP) is -0.393. The summed E-state index contributed by atoms with van der Waals surface area (Å²) >= 11 is 0. The highest BCUT2D eigenvalue weighted by Crippen LogP contribution is 2.34. The van der Waals surface area contributed by atoms with Crippen LogP contribution in [0.5, 0.6) is 0 Å². The number of rotatable bonds is 6. The van der Waals surface area contributed by atoms with Crippen molar-refractivity contribution in [2.45, 2.75) is 43.8 Å². The number of hydrogen-bond donors (Lipinski definition) is 1. The molecule has 1 aromatic heterocycles. The zero-order valence-corrected chi connectivity index (χ0v) is 18.7. The van der Waals surface area contributed by atoms with Crippen molar-refractivity contribution in [1.29, 1.82) is 0 Å². The number of imide groups is 1. The van der Waals surface area contributed by atoms with Gasteiger partial charge in [-0.3, -0.25) is 14.5 Å². The standard InChI is InChI=1S/C20H23N7O5S/c1-20(13-3-2-4-15(9-13)26-12-21-23-24-26)18(29)25(19(30)22-20)10-17(28)27(14-5-6-14)16-7-8-33(31,32)11-16/h2-4,9,12,14,16H,5-8,10-11H2,1H3,(H,22,30)/t16-,20-/m0/s1. The molecule has 1 aliphatic carbocycles. The van der Waals surface area contributed by atoms with Crippen LogP contribution in [0.4, 0.5) is 4.79 Å². The Labute approximate surface area is 189 Å². The number of sulfone groups is 1. The molecule has 3 heterocycles. The number of nitrogens with zero attached hydrogens (tertiary/aromatic N) is 6. The van der Waals surface area contributed by atoms with Gasteiger partial charge in [0, 0.05) is 12.1 Å². The molecule has 5 rings (SSSR count). The molecule has 3 fully saturated rings. The van der Waals surface area contributed by atoms with Crippen LogP contribution in [0.15, 0.2) is 30.6 Å². The van der Waals surface area contributed by atoms with Gasteiger partial charge in [0.1, 0.15) is 18.4 Å². The summed E-state index contributed by atoms with van der Waals surface area (Å²) in [5.41, 5.74) is -0.245. The maximum atomic E-state index is 13.3. The molecule has 0 bridgehead atoms. The van der Waals surface area contributed by atoms with E-state index in [0.717, 1.165) is 17.7 Å². The molecule has 33 heavy (non-hydrogen) atoms. The van der Waals surface area contributed by atoms with Crippen LogP contribution >= 0.6 is 0 Å². The molecule has 0 spiro atoms. The number of tetrazole rings is 1. The zero-order valence-electron chi connectivity index (χ0n) is 17.9. The quantitative estimate of drug-likeness (QED) is 0.558. The average molecular weight is 474 g/mol. The van der Waals surface area contributed by atoms with Gasteiger partial charge in [-0.25, -0.2) is 17.9 Å². The second kappa shape index (κ2) is 7.61. The first-order valence-electron chi connectivity index (χ1n) is 10.7. The molecule has 2 atom stereocenters. The molecule has 1 N–H and O–H groups in total. The van der Waals surface area contributed by atoms with Gasteiger partial charge in [0.25, 0.3) is 5.91 Å². The molecule has 174 valence electrons. The van der Waals surface area contributed by atoms with E-state index in [-0.39, 0.29) is 17.5 Å². The van der Waals surface area contributed by atoms with E-state index < -0.39 is 45.8 Å². The second-order valence-corrected chi connectivity index (χ2v) is 11.1. The number of nitrogens with one attached hydrogen (secondary N) is 1. The predicted molar refractivity (Wildman–Crippen MR) is 114 cm³/mol.